The number of aromatic hydroxyl groups is 1. The van der Waals surface area contributed by atoms with Gasteiger partial charge in [-0.25, -0.2) is 0 Å². The van der Waals surface area contributed by atoms with E-state index >= 15 is 0 Å². The van der Waals surface area contributed by atoms with E-state index in [0.717, 1.165) is 4.35 Å². The molecule has 4 N–H and O–H groups in total. The fourth-order valence-corrected chi connectivity index (χ4v) is 2.28. The number of phenolic OH excluding ortho intramolecular Hbond substituents is 1. The summed E-state index contributed by atoms with van der Waals surface area (Å²) in [6.07, 6.45) is 0. The van der Waals surface area contributed by atoms with E-state index in [4.69, 9.17) is 14.9 Å². The summed E-state index contributed by atoms with van der Waals surface area (Å²) in [6.45, 7) is 0. The van der Waals surface area contributed by atoms with Gasteiger partial charge in [-0.05, 0) is 0 Å². The Morgan fingerprint density at radius 3 is 2.55 bits per heavy atom. The third-order valence-corrected chi connectivity index (χ3v) is 3.99. The maximum atomic E-state index is 9.11. The molecular weight excluding hydrogens is 225 g/mol. The van der Waals surface area contributed by atoms with Crippen molar-refractivity contribution in [2.75, 3.05) is 5.73 Å². The van der Waals surface area contributed by atoms with Crippen LogP contribution in [0.4, 0.5) is 5.69 Å². The van der Waals surface area contributed by atoms with Gasteiger partial charge < -0.3 is 0 Å². The van der Waals surface area contributed by atoms with E-state index in [2.05, 4.69) is 10.9 Å². The molecule has 0 fully saturated rings. The molecule has 0 aliphatic heterocycles. The van der Waals surface area contributed by atoms with Crippen LogP contribution in [0.2, 0.25) is 0 Å². The van der Waals surface area contributed by atoms with Crippen molar-refractivity contribution in [1.29, 1.82) is 0 Å². The first-order valence-corrected chi connectivity index (χ1v) is 7.57. The summed E-state index contributed by atoms with van der Waals surface area (Å²) in [5.41, 5.74) is 5.67. The van der Waals surface area contributed by atoms with Crippen LogP contribution in [-0.4, -0.2) is 23.0 Å². The van der Waals surface area contributed by atoms with Crippen molar-refractivity contribution < 1.29 is 9.20 Å². The van der Waals surface area contributed by atoms with Gasteiger partial charge in [-0.1, -0.05) is 0 Å². The van der Waals surface area contributed by atoms with Crippen molar-refractivity contribution in [1.82, 2.24) is 0 Å². The number of hydrogen-bond donors (Lipinski definition) is 4. The average Bonchev–Trinajstić information content (AvgIpc) is 1.94. The average molecular weight is 233 g/mol. The van der Waals surface area contributed by atoms with Crippen LogP contribution in [0.1, 0.15) is 0 Å². The fourth-order valence-electron chi connectivity index (χ4n) is 0.666. The molecular formula is C6H8AsNO2S. The zero-order valence-electron chi connectivity index (χ0n) is 5.60. The Balaban J connectivity index is 3.05. The molecule has 3 nitrogen and oxygen atoms in total. The van der Waals surface area contributed by atoms with Gasteiger partial charge in [0.2, 0.25) is 0 Å². The standard InChI is InChI=1S/C6H8AsNO2S/c8-5-3-4(7(10)11)1-2-6(5)9/h1-3,9-11H,8H2. The Bertz CT molecular complexity index is 267. The predicted octanol–water partition coefficient (Wildman–Crippen LogP) is -0.408. The zero-order chi connectivity index (χ0) is 8.43. The minimum absolute atomic E-state index is 0.0398. The van der Waals surface area contributed by atoms with Gasteiger partial charge in [0.1, 0.15) is 0 Å². The van der Waals surface area contributed by atoms with Crippen LogP contribution in [0, 0.1) is 0 Å². The van der Waals surface area contributed by atoms with Gasteiger partial charge in [-0.3, -0.25) is 0 Å². The molecule has 0 aliphatic carbocycles. The first-order valence-electron chi connectivity index (χ1n) is 2.87. The Labute approximate surface area is 73.9 Å². The second-order valence-corrected chi connectivity index (χ2v) is 6.30. The van der Waals surface area contributed by atoms with Gasteiger partial charge in [0.15, 0.2) is 0 Å². The normalized spacial score (nSPS) is 12.9. The first-order chi connectivity index (χ1) is 5.11. The molecule has 0 saturated carbocycles. The Morgan fingerprint density at radius 2 is 2.09 bits per heavy atom. The first kappa shape index (κ1) is 8.78. The number of thiol groups is 1. The Morgan fingerprint density at radius 1 is 1.45 bits per heavy atom. The van der Waals surface area contributed by atoms with Gasteiger partial charge in [-0.15, -0.1) is 0 Å². The number of hydrogen-bond acceptors (Lipinski definition) is 4. The number of rotatable bonds is 1. The van der Waals surface area contributed by atoms with Crippen molar-refractivity contribution in [2.45, 2.75) is 0 Å². The van der Waals surface area contributed by atoms with E-state index < -0.39 is 13.8 Å². The number of nitrogen functional groups attached to an aromatic ring is 1. The molecule has 5 heteroatoms. The third-order valence-electron chi connectivity index (χ3n) is 1.24. The zero-order valence-corrected chi connectivity index (χ0v) is 8.37. The predicted molar refractivity (Wildman–Crippen MR) is 49.1 cm³/mol. The summed E-state index contributed by atoms with van der Waals surface area (Å²) in [5, 5.41) is 9.01. The summed E-state index contributed by atoms with van der Waals surface area (Å²) in [7, 11) is 3.93. The van der Waals surface area contributed by atoms with E-state index in [1.807, 2.05) is 0 Å². The van der Waals surface area contributed by atoms with Crippen molar-refractivity contribution in [2.24, 2.45) is 0 Å². The molecule has 1 aromatic rings. The molecule has 1 aromatic carbocycles. The van der Waals surface area contributed by atoms with Gasteiger partial charge >= 0.3 is 73.7 Å². The molecule has 0 amide bonds. The molecule has 0 aromatic heterocycles. The van der Waals surface area contributed by atoms with Gasteiger partial charge in [0, 0.05) is 0 Å². The number of nitrogens with two attached hydrogens (primary N) is 1. The maximum absolute atomic E-state index is 9.11. The molecule has 0 saturated heterocycles. The van der Waals surface area contributed by atoms with Crippen LogP contribution in [-0.2, 0) is 0 Å². The fraction of sp³-hybridized carbons (Fsp3) is 0. The van der Waals surface area contributed by atoms with Crippen molar-refractivity contribution in [3.63, 3.8) is 0 Å². The van der Waals surface area contributed by atoms with Crippen molar-refractivity contribution in [3.8, 4) is 5.75 Å². The quantitative estimate of drug-likeness (QED) is 0.231. The van der Waals surface area contributed by atoms with Gasteiger partial charge in [0.25, 0.3) is 0 Å². The molecule has 0 aliphatic rings. The summed E-state index contributed by atoms with van der Waals surface area (Å²) < 4.78 is 9.83. The molecule has 1 atom stereocenters. The topological polar surface area (TPSA) is 66.5 Å². The van der Waals surface area contributed by atoms with Crippen LogP contribution in [0.5, 0.6) is 5.75 Å². The van der Waals surface area contributed by atoms with Crippen LogP contribution in [0.15, 0.2) is 18.2 Å². The molecule has 1 rings (SSSR count). The van der Waals surface area contributed by atoms with Gasteiger partial charge in [0.05, 0.1) is 0 Å². The summed E-state index contributed by atoms with van der Waals surface area (Å²) in [6, 6.07) is 4.62. The van der Waals surface area contributed by atoms with E-state index in [0.29, 0.717) is 0 Å². The second-order valence-electron chi connectivity index (χ2n) is 2.03. The van der Waals surface area contributed by atoms with E-state index in [1.165, 1.54) is 6.07 Å². The molecule has 1 unspecified atom stereocenters. The van der Waals surface area contributed by atoms with Crippen molar-refractivity contribution in [3.05, 3.63) is 18.2 Å². The molecule has 0 spiro atoms. The van der Waals surface area contributed by atoms with Crippen molar-refractivity contribution >= 4 is 34.8 Å². The number of phenols is 1. The van der Waals surface area contributed by atoms with Crippen LogP contribution in [0.25, 0.3) is 0 Å². The third kappa shape index (κ3) is 2.06. The van der Waals surface area contributed by atoms with Crippen LogP contribution in [0.3, 0.4) is 0 Å². The van der Waals surface area contributed by atoms with E-state index in [9.17, 15) is 0 Å². The van der Waals surface area contributed by atoms with Crippen LogP contribution >= 0.6 is 10.9 Å². The number of benzene rings is 1. The monoisotopic (exact) mass is 233 g/mol. The van der Waals surface area contributed by atoms with Gasteiger partial charge in [-0.2, -0.15) is 0 Å². The molecule has 0 bridgehead atoms. The molecule has 0 radical (unpaired) electrons. The summed E-state index contributed by atoms with van der Waals surface area (Å²) in [4.78, 5) is 0. The van der Waals surface area contributed by atoms with Crippen LogP contribution < -0.4 is 10.1 Å². The Kier molecular flexibility index (Phi) is 2.71. The molecule has 0 heterocycles. The summed E-state index contributed by atoms with van der Waals surface area (Å²) in [5.74, 6) is 0.0398. The number of anilines is 1. The summed E-state index contributed by atoms with van der Waals surface area (Å²) >= 11 is -2.14. The van der Waals surface area contributed by atoms with E-state index in [-0.39, 0.29) is 11.4 Å². The minimum atomic E-state index is -2.14. The molecule has 60 valence electrons. The SMILES string of the molecule is Nc1cc([As](O)S)ccc1O. The Hall–Kier alpha value is -0.312. The second kappa shape index (κ2) is 3.39. The molecule has 11 heavy (non-hydrogen) atoms. The van der Waals surface area contributed by atoms with E-state index in [1.54, 1.807) is 12.1 Å².